The zero-order valence-corrected chi connectivity index (χ0v) is 10.4. The molecule has 0 atom stereocenters. The van der Waals surface area contributed by atoms with Gasteiger partial charge in [-0.3, -0.25) is 0 Å². The maximum atomic E-state index is 13.6. The summed E-state index contributed by atoms with van der Waals surface area (Å²) in [7, 11) is 0. The third-order valence-electron chi connectivity index (χ3n) is 2.76. The molecule has 0 bridgehead atoms. The van der Waals surface area contributed by atoms with E-state index >= 15 is 0 Å². The van der Waals surface area contributed by atoms with Crippen molar-refractivity contribution in [3.05, 3.63) is 47.5 Å². The summed E-state index contributed by atoms with van der Waals surface area (Å²) in [6.45, 7) is 3.39. The number of halogens is 1. The lowest BCUT2D eigenvalue weighted by molar-refractivity contribution is 0.0734. The molecular weight excluding hydrogens is 233 g/mol. The van der Waals surface area contributed by atoms with Gasteiger partial charge in [0.25, 0.3) is 0 Å². The van der Waals surface area contributed by atoms with Crippen LogP contribution in [0.5, 0.6) is 0 Å². The maximum Gasteiger partial charge on any atom is 0.129 e. The molecule has 1 aromatic heterocycles. The Kier molecular flexibility index (Phi) is 3.19. The highest BCUT2D eigenvalue weighted by molar-refractivity contribution is 5.41. The van der Waals surface area contributed by atoms with E-state index in [1.807, 2.05) is 0 Å². The highest BCUT2D eigenvalue weighted by Gasteiger charge is 2.20. The van der Waals surface area contributed by atoms with Gasteiger partial charge in [-0.15, -0.1) is 0 Å². The van der Waals surface area contributed by atoms with Crippen LogP contribution in [0.4, 0.5) is 4.39 Å². The van der Waals surface area contributed by atoms with Crippen molar-refractivity contribution in [1.82, 2.24) is 9.78 Å². The van der Waals surface area contributed by atoms with Gasteiger partial charge >= 0.3 is 0 Å². The van der Waals surface area contributed by atoms with Crippen molar-refractivity contribution in [1.29, 1.82) is 0 Å². The van der Waals surface area contributed by atoms with Gasteiger partial charge in [0.2, 0.25) is 0 Å². The molecule has 3 N–H and O–H groups in total. The van der Waals surface area contributed by atoms with Gasteiger partial charge in [-0.1, -0.05) is 6.07 Å². The highest BCUT2D eigenvalue weighted by Crippen LogP contribution is 2.21. The molecule has 96 valence electrons. The Bertz CT molecular complexity index is 558. The summed E-state index contributed by atoms with van der Waals surface area (Å²) < 4.78 is 15.1. The molecule has 5 heteroatoms. The van der Waals surface area contributed by atoms with Crippen LogP contribution >= 0.6 is 0 Å². The number of nitrogens with zero attached hydrogens (tertiary/aromatic N) is 2. The molecule has 0 fully saturated rings. The lowest BCUT2D eigenvalue weighted by atomic mass is 10.1. The van der Waals surface area contributed by atoms with E-state index in [9.17, 15) is 9.50 Å². The van der Waals surface area contributed by atoms with Gasteiger partial charge in [-0.05, 0) is 32.0 Å². The molecule has 1 heterocycles. The topological polar surface area (TPSA) is 64.1 Å². The molecule has 0 unspecified atom stereocenters. The number of nitrogens with two attached hydrogens (primary N) is 1. The number of aromatic nitrogens is 2. The van der Waals surface area contributed by atoms with Crippen LogP contribution in [0.3, 0.4) is 0 Å². The number of aliphatic hydroxyl groups is 1. The second kappa shape index (κ2) is 4.51. The van der Waals surface area contributed by atoms with Gasteiger partial charge in [0.15, 0.2) is 0 Å². The molecule has 18 heavy (non-hydrogen) atoms. The van der Waals surface area contributed by atoms with Crippen LogP contribution in [0.25, 0.3) is 5.69 Å². The number of benzene rings is 1. The molecule has 4 nitrogen and oxygen atoms in total. The lowest BCUT2D eigenvalue weighted by Gasteiger charge is -2.14. The SMILES string of the molecule is CC(C)(O)c1ccn(-c2cccc(F)c2CN)n1. The minimum absolute atomic E-state index is 0.0969. The Hall–Kier alpha value is -1.72. The first kappa shape index (κ1) is 12.7. The van der Waals surface area contributed by atoms with Crippen LogP contribution in [0, 0.1) is 5.82 Å². The molecule has 0 spiro atoms. The minimum atomic E-state index is -1.03. The molecule has 0 radical (unpaired) electrons. The number of hydrogen-bond donors (Lipinski definition) is 2. The normalized spacial score (nSPS) is 11.8. The quantitative estimate of drug-likeness (QED) is 0.870. The Labute approximate surface area is 105 Å². The van der Waals surface area contributed by atoms with Crippen molar-refractivity contribution in [3.8, 4) is 5.69 Å². The first-order valence-corrected chi connectivity index (χ1v) is 5.70. The first-order valence-electron chi connectivity index (χ1n) is 5.70. The molecular formula is C13H16FN3O. The summed E-state index contributed by atoms with van der Waals surface area (Å²) in [5.74, 6) is -0.352. The Balaban J connectivity index is 2.50. The van der Waals surface area contributed by atoms with Gasteiger partial charge < -0.3 is 10.8 Å². The second-order valence-corrected chi connectivity index (χ2v) is 4.65. The number of hydrogen-bond acceptors (Lipinski definition) is 3. The summed E-state index contributed by atoms with van der Waals surface area (Å²) in [5, 5.41) is 14.1. The van der Waals surface area contributed by atoms with Crippen LogP contribution in [0.15, 0.2) is 30.5 Å². The molecule has 2 aromatic rings. The predicted octanol–water partition coefficient (Wildman–Crippen LogP) is 1.70. The van der Waals surface area contributed by atoms with E-state index in [0.29, 0.717) is 16.9 Å². The van der Waals surface area contributed by atoms with Crippen molar-refractivity contribution in [3.63, 3.8) is 0 Å². The van der Waals surface area contributed by atoms with Gasteiger partial charge in [0, 0.05) is 18.3 Å². The molecule has 0 saturated heterocycles. The van der Waals surface area contributed by atoms with Gasteiger partial charge in [-0.25, -0.2) is 9.07 Å². The van der Waals surface area contributed by atoms with E-state index in [-0.39, 0.29) is 12.4 Å². The second-order valence-electron chi connectivity index (χ2n) is 4.65. The van der Waals surface area contributed by atoms with E-state index < -0.39 is 5.60 Å². The predicted molar refractivity (Wildman–Crippen MR) is 66.7 cm³/mol. The standard InChI is InChI=1S/C13H16FN3O/c1-13(2,18)12-6-7-17(16-12)11-5-3-4-10(14)9(11)8-15/h3-7,18H,8,15H2,1-2H3. The largest absolute Gasteiger partial charge is 0.384 e. The molecule has 0 aliphatic carbocycles. The van der Waals surface area contributed by atoms with Crippen molar-refractivity contribution in [2.24, 2.45) is 5.73 Å². The smallest absolute Gasteiger partial charge is 0.129 e. The Morgan fingerprint density at radius 3 is 2.67 bits per heavy atom. The van der Waals surface area contributed by atoms with Crippen molar-refractivity contribution >= 4 is 0 Å². The average molecular weight is 249 g/mol. The fourth-order valence-electron chi connectivity index (χ4n) is 1.75. The van der Waals surface area contributed by atoms with Crippen LogP contribution in [0.2, 0.25) is 0 Å². The molecule has 0 aliphatic heterocycles. The van der Waals surface area contributed by atoms with E-state index in [0.717, 1.165) is 0 Å². The Morgan fingerprint density at radius 2 is 2.11 bits per heavy atom. The number of rotatable bonds is 3. The third-order valence-corrected chi connectivity index (χ3v) is 2.76. The third kappa shape index (κ3) is 2.27. The summed E-state index contributed by atoms with van der Waals surface area (Å²) >= 11 is 0. The molecule has 0 aliphatic rings. The lowest BCUT2D eigenvalue weighted by Crippen LogP contribution is -2.17. The van der Waals surface area contributed by atoms with Crippen molar-refractivity contribution < 1.29 is 9.50 Å². The van der Waals surface area contributed by atoms with E-state index in [1.54, 1.807) is 38.2 Å². The van der Waals surface area contributed by atoms with Crippen LogP contribution < -0.4 is 5.73 Å². The van der Waals surface area contributed by atoms with Gasteiger partial charge in [-0.2, -0.15) is 5.10 Å². The highest BCUT2D eigenvalue weighted by atomic mass is 19.1. The summed E-state index contributed by atoms with van der Waals surface area (Å²) in [6.07, 6.45) is 1.68. The Morgan fingerprint density at radius 1 is 1.39 bits per heavy atom. The van der Waals surface area contributed by atoms with E-state index in [4.69, 9.17) is 5.73 Å². The fraction of sp³-hybridized carbons (Fsp3) is 0.308. The average Bonchev–Trinajstić information content (AvgIpc) is 2.77. The molecule has 2 rings (SSSR count). The first-order chi connectivity index (χ1) is 8.43. The minimum Gasteiger partial charge on any atom is -0.384 e. The van der Waals surface area contributed by atoms with Crippen LogP contribution in [-0.2, 0) is 12.1 Å². The molecule has 0 amide bonds. The zero-order valence-electron chi connectivity index (χ0n) is 10.4. The molecule has 0 saturated carbocycles. The van der Waals surface area contributed by atoms with Crippen LogP contribution in [0.1, 0.15) is 25.1 Å². The van der Waals surface area contributed by atoms with Gasteiger partial charge in [0.1, 0.15) is 11.4 Å². The van der Waals surface area contributed by atoms with Crippen molar-refractivity contribution in [2.75, 3.05) is 0 Å². The van der Waals surface area contributed by atoms with Gasteiger partial charge in [0.05, 0.1) is 11.4 Å². The van der Waals surface area contributed by atoms with Crippen molar-refractivity contribution in [2.45, 2.75) is 26.0 Å². The van der Waals surface area contributed by atoms with E-state index in [1.165, 1.54) is 10.7 Å². The monoisotopic (exact) mass is 249 g/mol. The summed E-state index contributed by atoms with van der Waals surface area (Å²) in [6, 6.07) is 6.42. The maximum absolute atomic E-state index is 13.6. The van der Waals surface area contributed by atoms with E-state index in [2.05, 4.69) is 5.10 Å². The fourth-order valence-corrected chi connectivity index (χ4v) is 1.75. The molecule has 1 aromatic carbocycles. The summed E-state index contributed by atoms with van der Waals surface area (Å²) in [4.78, 5) is 0. The summed E-state index contributed by atoms with van der Waals surface area (Å²) in [5.41, 5.74) is 6.04. The van der Waals surface area contributed by atoms with Crippen LogP contribution in [-0.4, -0.2) is 14.9 Å². The zero-order chi connectivity index (χ0) is 13.3.